The molecule has 2 aliphatic rings. The molecule has 1 fully saturated rings. The van der Waals surface area contributed by atoms with Crippen molar-refractivity contribution < 1.29 is 19.5 Å². The Morgan fingerprint density at radius 3 is 2.28 bits per heavy atom. The molecule has 2 aliphatic carbocycles. The summed E-state index contributed by atoms with van der Waals surface area (Å²) in [6.45, 7) is 0. The summed E-state index contributed by atoms with van der Waals surface area (Å²) < 4.78 is 0. The van der Waals surface area contributed by atoms with Crippen LogP contribution in [0.3, 0.4) is 0 Å². The zero-order chi connectivity index (χ0) is 22.9. The summed E-state index contributed by atoms with van der Waals surface area (Å²) in [5.41, 5.74) is 1.52. The molecule has 0 saturated heterocycles. The molecule has 1 heterocycles. The van der Waals surface area contributed by atoms with Gasteiger partial charge in [-0.1, -0.05) is 48.2 Å². The number of allylic oxidation sites excluding steroid dienone is 2. The summed E-state index contributed by atoms with van der Waals surface area (Å²) in [5.74, 6) is -1.64. The van der Waals surface area contributed by atoms with E-state index >= 15 is 0 Å². The van der Waals surface area contributed by atoms with Crippen molar-refractivity contribution in [1.82, 2.24) is 10.3 Å². The maximum atomic E-state index is 12.5. The first-order chi connectivity index (χ1) is 15.3. The number of anilines is 1. The van der Waals surface area contributed by atoms with E-state index in [-0.39, 0.29) is 27.8 Å². The fraction of sp³-hybridized carbons (Fsp3) is 0.304. The number of aliphatic carboxylic acids is 1. The number of halogens is 2. The molecule has 1 amide bonds. The average molecular weight is 473 g/mol. The third kappa shape index (κ3) is 4.23. The molecule has 32 heavy (non-hydrogen) atoms. The molecule has 9 heteroatoms. The quantitative estimate of drug-likeness (QED) is 0.640. The predicted molar refractivity (Wildman–Crippen MR) is 118 cm³/mol. The van der Waals surface area contributed by atoms with Gasteiger partial charge in [-0.25, -0.2) is 0 Å². The monoisotopic (exact) mass is 472 g/mol. The molecule has 1 aromatic heterocycles. The molecule has 166 valence electrons. The fourth-order valence-electron chi connectivity index (χ4n) is 4.30. The van der Waals surface area contributed by atoms with E-state index in [0.717, 1.165) is 31.2 Å². The Kier molecular flexibility index (Phi) is 6.22. The molecule has 1 spiro atoms. The van der Waals surface area contributed by atoms with Gasteiger partial charge in [-0.3, -0.25) is 14.6 Å². The van der Waals surface area contributed by atoms with Crippen LogP contribution in [0, 0.1) is 5.41 Å². The second-order valence-corrected chi connectivity index (χ2v) is 8.88. The van der Waals surface area contributed by atoms with Crippen molar-refractivity contribution in [3.05, 3.63) is 69.6 Å². The van der Waals surface area contributed by atoms with Crippen LogP contribution >= 0.6 is 23.2 Å². The van der Waals surface area contributed by atoms with E-state index in [4.69, 9.17) is 23.2 Å². The Bertz CT molecular complexity index is 1090. The first kappa shape index (κ1) is 22.3. The Hall–Kier alpha value is -2.90. The average Bonchev–Trinajstić information content (AvgIpc) is 3.27. The summed E-state index contributed by atoms with van der Waals surface area (Å²) in [4.78, 5) is 40.1. The summed E-state index contributed by atoms with van der Waals surface area (Å²) in [5, 5.41) is 17.7. The maximum absolute atomic E-state index is 12.5. The molecule has 2 aromatic rings. The first-order valence-electron chi connectivity index (χ1n) is 10.2. The molecule has 1 saturated carbocycles. The van der Waals surface area contributed by atoms with Gasteiger partial charge in [0, 0.05) is 29.9 Å². The zero-order valence-electron chi connectivity index (χ0n) is 17.0. The van der Waals surface area contributed by atoms with Crippen molar-refractivity contribution in [2.75, 3.05) is 5.32 Å². The number of hydrogen-bond acceptors (Lipinski definition) is 6. The van der Waals surface area contributed by atoms with Gasteiger partial charge in [0.2, 0.25) is 0 Å². The highest BCUT2D eigenvalue weighted by molar-refractivity contribution is 6.40. The highest BCUT2D eigenvalue weighted by atomic mass is 35.5. The minimum atomic E-state index is -1.24. The van der Waals surface area contributed by atoms with E-state index in [0.29, 0.717) is 11.4 Å². The van der Waals surface area contributed by atoms with E-state index in [1.54, 1.807) is 24.3 Å². The Balaban J connectivity index is 1.42. The zero-order valence-corrected chi connectivity index (χ0v) is 18.5. The van der Waals surface area contributed by atoms with Crippen LogP contribution in [0.5, 0.6) is 0 Å². The Morgan fingerprint density at radius 2 is 1.72 bits per heavy atom. The first-order valence-corrected chi connectivity index (χ1v) is 11.0. The number of benzene rings is 1. The fourth-order valence-corrected chi connectivity index (χ4v) is 4.84. The number of carboxylic acids is 1. The van der Waals surface area contributed by atoms with Crippen molar-refractivity contribution in [1.29, 1.82) is 0 Å². The molecule has 2 N–H and O–H groups in total. The Labute approximate surface area is 194 Å². The maximum Gasteiger partial charge on any atom is 0.258 e. The van der Waals surface area contributed by atoms with Gasteiger partial charge in [-0.15, -0.1) is 0 Å². The van der Waals surface area contributed by atoms with Crippen LogP contribution in [-0.2, 0) is 16.0 Å². The number of aromatic nitrogens is 1. The number of nitrogens with one attached hydrogen (secondary N) is 2. The lowest BCUT2D eigenvalue weighted by Crippen LogP contribution is -2.53. The minimum Gasteiger partial charge on any atom is -0.548 e. The number of ketones is 1. The van der Waals surface area contributed by atoms with E-state index in [9.17, 15) is 19.5 Å². The van der Waals surface area contributed by atoms with E-state index in [1.807, 2.05) is 0 Å². The molecule has 4 rings (SSSR count). The Morgan fingerprint density at radius 1 is 1.09 bits per heavy atom. The number of pyridine rings is 1. The van der Waals surface area contributed by atoms with Gasteiger partial charge in [0.1, 0.15) is 0 Å². The van der Waals surface area contributed by atoms with Crippen molar-refractivity contribution >= 4 is 46.5 Å². The highest BCUT2D eigenvalue weighted by Crippen LogP contribution is 2.49. The minimum absolute atomic E-state index is 0.0732. The topological polar surface area (TPSA) is 111 Å². The van der Waals surface area contributed by atoms with Crippen molar-refractivity contribution in [3.8, 4) is 0 Å². The molecule has 0 bridgehead atoms. The summed E-state index contributed by atoms with van der Waals surface area (Å²) in [6, 6.07) is 5.78. The van der Waals surface area contributed by atoms with Crippen LogP contribution < -0.4 is 15.7 Å². The third-order valence-electron chi connectivity index (χ3n) is 6.07. The van der Waals surface area contributed by atoms with Gasteiger partial charge in [-0.05, 0) is 37.0 Å². The predicted octanol–water partition coefficient (Wildman–Crippen LogP) is 2.92. The summed E-state index contributed by atoms with van der Waals surface area (Å²) in [7, 11) is 0. The molecular weight excluding hydrogens is 453 g/mol. The van der Waals surface area contributed by atoms with Gasteiger partial charge in [0.25, 0.3) is 5.91 Å². The number of nitrogens with zero attached hydrogens (tertiary/aromatic N) is 1. The number of carboxylic acid groups (broad SMARTS) is 1. The second kappa shape index (κ2) is 8.92. The van der Waals surface area contributed by atoms with Crippen LogP contribution in [0.25, 0.3) is 0 Å². The van der Waals surface area contributed by atoms with Crippen LogP contribution in [-0.4, -0.2) is 28.7 Å². The molecule has 0 aliphatic heterocycles. The van der Waals surface area contributed by atoms with Gasteiger partial charge in [-0.2, -0.15) is 0 Å². The SMILES string of the molecule is O=C(Nc1ccc(C[C@H](NC2=CC(=O)C23CCCC3)C(=O)[O-])cc1)c1c(Cl)cncc1Cl. The molecule has 1 aromatic carbocycles. The summed E-state index contributed by atoms with van der Waals surface area (Å²) >= 11 is 12.0. The van der Waals surface area contributed by atoms with Crippen molar-refractivity contribution in [2.45, 2.75) is 38.1 Å². The smallest absolute Gasteiger partial charge is 0.258 e. The van der Waals surface area contributed by atoms with Gasteiger partial charge in [0.05, 0.1) is 33.0 Å². The normalized spacial score (nSPS) is 17.4. The molecule has 0 unspecified atom stereocenters. The lowest BCUT2D eigenvalue weighted by atomic mass is 9.69. The molecule has 7 nitrogen and oxygen atoms in total. The number of carbonyl (C=O) groups is 3. The lowest BCUT2D eigenvalue weighted by molar-refractivity contribution is -0.308. The lowest BCUT2D eigenvalue weighted by Gasteiger charge is -2.39. The third-order valence-corrected chi connectivity index (χ3v) is 6.64. The highest BCUT2D eigenvalue weighted by Gasteiger charge is 2.50. The van der Waals surface area contributed by atoms with Gasteiger partial charge in [0.15, 0.2) is 5.78 Å². The number of carbonyl (C=O) groups excluding carboxylic acids is 3. The van der Waals surface area contributed by atoms with E-state index < -0.39 is 23.3 Å². The van der Waals surface area contributed by atoms with Crippen molar-refractivity contribution in [2.24, 2.45) is 5.41 Å². The number of hydrogen-bond donors (Lipinski definition) is 2. The van der Waals surface area contributed by atoms with E-state index in [2.05, 4.69) is 15.6 Å². The van der Waals surface area contributed by atoms with Crippen molar-refractivity contribution in [3.63, 3.8) is 0 Å². The molecule has 0 radical (unpaired) electrons. The molecule has 1 atom stereocenters. The standard InChI is InChI=1S/C23H21Cl2N3O4/c24-15-11-26-12-16(25)20(15)21(30)27-14-5-3-13(4-6-14)9-17(22(31)32)28-18-10-19(29)23(18)7-1-2-8-23/h3-6,10-12,17,28H,1-2,7-9H2,(H,27,30)(H,31,32)/p-1/t17-/m0/s1. The van der Waals surface area contributed by atoms with Gasteiger partial charge >= 0.3 is 0 Å². The van der Waals surface area contributed by atoms with E-state index in [1.165, 1.54) is 18.5 Å². The van der Waals surface area contributed by atoms with Crippen LogP contribution in [0.4, 0.5) is 5.69 Å². The van der Waals surface area contributed by atoms with Crippen LogP contribution in [0.1, 0.15) is 41.6 Å². The molecular formula is C23H20Cl2N3O4-. The number of rotatable bonds is 7. The van der Waals surface area contributed by atoms with Gasteiger partial charge < -0.3 is 20.5 Å². The van der Waals surface area contributed by atoms with Crippen LogP contribution in [0.2, 0.25) is 10.0 Å². The largest absolute Gasteiger partial charge is 0.548 e. The second-order valence-electron chi connectivity index (χ2n) is 8.06. The summed E-state index contributed by atoms with van der Waals surface area (Å²) in [6.07, 6.45) is 7.76. The van der Waals surface area contributed by atoms with Crippen LogP contribution in [0.15, 0.2) is 48.4 Å². The number of amides is 1.